The number of benzene rings is 2. The molecule has 0 unspecified atom stereocenters. The third kappa shape index (κ3) is 5.63. The van der Waals surface area contributed by atoms with Gasteiger partial charge >= 0.3 is 0 Å². The lowest BCUT2D eigenvalue weighted by Gasteiger charge is -2.30. The van der Waals surface area contributed by atoms with Crippen LogP contribution in [0.5, 0.6) is 5.88 Å². The standard InChI is InChI=1S/C25H24FN5OS.CH3F/c1-32-25-22(30-33-24-5-3-2-4-20(24)26)15-18(16-29-25)17-6-7-21-19(14-17)23(8-9-28-21)31-12-10-27-11-13-31;1-2/h2-9,14-16,27,30H,10-13H2,1H3;1H3. The van der Waals surface area contributed by atoms with Crippen LogP contribution in [0.15, 0.2) is 71.9 Å². The molecule has 5 rings (SSSR count). The Morgan fingerprint density at radius 2 is 1.80 bits per heavy atom. The molecule has 0 saturated carbocycles. The predicted molar refractivity (Wildman–Crippen MR) is 140 cm³/mol. The summed E-state index contributed by atoms with van der Waals surface area (Å²) in [5.74, 6) is 0.173. The highest BCUT2D eigenvalue weighted by Crippen LogP contribution is 2.35. The number of nitrogens with one attached hydrogen (secondary N) is 2. The maximum absolute atomic E-state index is 14.0. The zero-order valence-corrected chi connectivity index (χ0v) is 20.4. The highest BCUT2D eigenvalue weighted by Gasteiger charge is 2.15. The molecular weight excluding hydrogens is 468 g/mol. The average molecular weight is 496 g/mol. The summed E-state index contributed by atoms with van der Waals surface area (Å²) in [7, 11) is 2.07. The van der Waals surface area contributed by atoms with E-state index in [9.17, 15) is 8.78 Å². The minimum Gasteiger partial charge on any atom is -0.480 e. The molecule has 9 heteroatoms. The number of alkyl halides is 1. The van der Waals surface area contributed by atoms with Gasteiger partial charge in [0.05, 0.1) is 24.7 Å². The zero-order chi connectivity index (χ0) is 24.6. The first-order valence-corrected chi connectivity index (χ1v) is 12.0. The van der Waals surface area contributed by atoms with Gasteiger partial charge in [-0.3, -0.25) is 9.37 Å². The monoisotopic (exact) mass is 495 g/mol. The Morgan fingerprint density at radius 1 is 1.00 bits per heavy atom. The van der Waals surface area contributed by atoms with Gasteiger partial charge in [0, 0.05) is 55.2 Å². The number of ether oxygens (including phenoxy) is 1. The molecule has 182 valence electrons. The topological polar surface area (TPSA) is 62.3 Å². The van der Waals surface area contributed by atoms with Gasteiger partial charge in [0.2, 0.25) is 5.88 Å². The first-order valence-electron chi connectivity index (χ1n) is 11.2. The van der Waals surface area contributed by atoms with Crippen molar-refractivity contribution in [3.05, 3.63) is 72.8 Å². The Bertz CT molecular complexity index is 1280. The molecule has 0 amide bonds. The summed E-state index contributed by atoms with van der Waals surface area (Å²) >= 11 is 1.19. The number of rotatable bonds is 6. The number of fused-ring (bicyclic) bond motifs is 1. The van der Waals surface area contributed by atoms with E-state index >= 15 is 0 Å². The zero-order valence-electron chi connectivity index (χ0n) is 19.6. The van der Waals surface area contributed by atoms with E-state index in [4.69, 9.17) is 4.74 Å². The maximum Gasteiger partial charge on any atom is 0.237 e. The lowest BCUT2D eigenvalue weighted by atomic mass is 10.0. The summed E-state index contributed by atoms with van der Waals surface area (Å²) in [4.78, 5) is 11.9. The van der Waals surface area contributed by atoms with Gasteiger partial charge in [-0.25, -0.2) is 9.37 Å². The maximum atomic E-state index is 14.0. The van der Waals surface area contributed by atoms with Crippen LogP contribution < -0.4 is 19.7 Å². The Morgan fingerprint density at radius 3 is 2.57 bits per heavy atom. The van der Waals surface area contributed by atoms with Crippen LogP contribution in [0.4, 0.5) is 20.2 Å². The number of pyridine rings is 2. The van der Waals surface area contributed by atoms with Gasteiger partial charge in [0.15, 0.2) is 0 Å². The predicted octanol–water partition coefficient (Wildman–Crippen LogP) is 5.56. The van der Waals surface area contributed by atoms with Crippen LogP contribution in [0, 0.1) is 5.82 Å². The minimum atomic E-state index is -0.277. The van der Waals surface area contributed by atoms with Crippen molar-refractivity contribution in [1.29, 1.82) is 0 Å². The number of halogens is 2. The molecule has 1 aliphatic heterocycles. The fraction of sp³-hybridized carbons (Fsp3) is 0.231. The number of anilines is 2. The smallest absolute Gasteiger partial charge is 0.237 e. The lowest BCUT2D eigenvalue weighted by Crippen LogP contribution is -2.43. The third-order valence-corrected chi connectivity index (χ3v) is 6.53. The van der Waals surface area contributed by atoms with Crippen LogP contribution in [0.3, 0.4) is 0 Å². The van der Waals surface area contributed by atoms with Crippen molar-refractivity contribution in [1.82, 2.24) is 15.3 Å². The van der Waals surface area contributed by atoms with Gasteiger partial charge in [-0.05, 0) is 53.9 Å². The van der Waals surface area contributed by atoms with Crippen molar-refractivity contribution in [3.8, 4) is 17.0 Å². The van der Waals surface area contributed by atoms with Gasteiger partial charge in [-0.15, -0.1) is 0 Å². The molecule has 4 aromatic rings. The van der Waals surface area contributed by atoms with Crippen molar-refractivity contribution < 1.29 is 13.5 Å². The summed E-state index contributed by atoms with van der Waals surface area (Å²) in [5, 5.41) is 4.52. The molecule has 6 nitrogen and oxygen atoms in total. The van der Waals surface area contributed by atoms with Crippen molar-refractivity contribution in [2.45, 2.75) is 4.90 Å². The average Bonchev–Trinajstić information content (AvgIpc) is 2.93. The van der Waals surface area contributed by atoms with E-state index in [2.05, 4.69) is 37.0 Å². The normalized spacial score (nSPS) is 13.2. The van der Waals surface area contributed by atoms with Crippen LogP contribution in [0.1, 0.15) is 0 Å². The fourth-order valence-electron chi connectivity index (χ4n) is 3.98. The molecule has 2 aromatic carbocycles. The Hall–Kier alpha value is -3.43. The van der Waals surface area contributed by atoms with E-state index in [0.29, 0.717) is 23.6 Å². The Kier molecular flexibility index (Phi) is 8.33. The summed E-state index contributed by atoms with van der Waals surface area (Å²) in [6.07, 6.45) is 3.66. The van der Waals surface area contributed by atoms with Crippen molar-refractivity contribution in [2.24, 2.45) is 0 Å². The number of methoxy groups -OCH3 is 1. The fourth-order valence-corrected chi connectivity index (χ4v) is 4.65. The van der Waals surface area contributed by atoms with Gasteiger partial charge < -0.3 is 19.7 Å². The first-order chi connectivity index (χ1) is 17.2. The van der Waals surface area contributed by atoms with E-state index in [-0.39, 0.29) is 5.82 Å². The molecule has 0 spiro atoms. The number of piperazine rings is 1. The number of hydrogen-bond acceptors (Lipinski definition) is 7. The summed E-state index contributed by atoms with van der Waals surface area (Å²) in [5.41, 5.74) is 4.80. The molecule has 0 aliphatic carbocycles. The van der Waals surface area contributed by atoms with Gasteiger partial charge in [-0.2, -0.15) is 0 Å². The van der Waals surface area contributed by atoms with Crippen LogP contribution in [0.2, 0.25) is 0 Å². The van der Waals surface area contributed by atoms with E-state index < -0.39 is 0 Å². The van der Waals surface area contributed by atoms with Crippen LogP contribution >= 0.6 is 11.9 Å². The minimum absolute atomic E-state index is 0.277. The van der Waals surface area contributed by atoms with Gasteiger partial charge in [-0.1, -0.05) is 18.2 Å². The molecule has 0 atom stereocenters. The second kappa shape index (κ2) is 11.8. The molecule has 0 radical (unpaired) electrons. The van der Waals surface area contributed by atoms with Crippen molar-refractivity contribution in [3.63, 3.8) is 0 Å². The molecule has 1 aliphatic rings. The van der Waals surface area contributed by atoms with Gasteiger partial charge in [0.1, 0.15) is 11.5 Å². The molecule has 1 fully saturated rings. The quantitative estimate of drug-likeness (QED) is 0.340. The molecular formula is C26H27F2N5OS. The van der Waals surface area contributed by atoms with Crippen molar-refractivity contribution >= 4 is 34.2 Å². The summed E-state index contributed by atoms with van der Waals surface area (Å²) in [6, 6.07) is 17.0. The molecule has 0 bridgehead atoms. The molecule has 35 heavy (non-hydrogen) atoms. The Balaban J connectivity index is 0.00000141. The highest BCUT2D eigenvalue weighted by atomic mass is 32.2. The second-order valence-corrected chi connectivity index (χ2v) is 8.56. The largest absolute Gasteiger partial charge is 0.480 e. The first kappa shape index (κ1) is 24.7. The van der Waals surface area contributed by atoms with E-state index in [1.54, 1.807) is 31.5 Å². The van der Waals surface area contributed by atoms with E-state index in [0.717, 1.165) is 48.2 Å². The molecule has 2 aromatic heterocycles. The molecule has 2 N–H and O–H groups in total. The lowest BCUT2D eigenvalue weighted by molar-refractivity contribution is 0.400. The van der Waals surface area contributed by atoms with Gasteiger partial charge in [0.25, 0.3) is 0 Å². The van der Waals surface area contributed by atoms with Crippen molar-refractivity contribution in [2.75, 3.05) is 50.1 Å². The van der Waals surface area contributed by atoms with Crippen LogP contribution in [0.25, 0.3) is 22.0 Å². The molecule has 3 heterocycles. The van der Waals surface area contributed by atoms with E-state index in [1.165, 1.54) is 23.7 Å². The summed E-state index contributed by atoms with van der Waals surface area (Å²) < 4.78 is 32.2. The SMILES string of the molecule is CF.COc1ncc(-c2ccc3nccc(N4CCNCC4)c3c2)cc1NSc1ccccc1F. The number of nitrogens with zero attached hydrogens (tertiary/aromatic N) is 3. The van der Waals surface area contributed by atoms with Crippen LogP contribution in [-0.2, 0) is 0 Å². The molecule has 1 saturated heterocycles. The Labute approximate surface area is 207 Å². The van der Waals surface area contributed by atoms with E-state index in [1.807, 2.05) is 24.4 Å². The highest BCUT2D eigenvalue weighted by molar-refractivity contribution is 8.00. The second-order valence-electron chi connectivity index (χ2n) is 7.71. The number of hydrogen-bond donors (Lipinski definition) is 2. The summed E-state index contributed by atoms with van der Waals surface area (Å²) in [6.45, 7) is 3.88. The number of aromatic nitrogens is 2. The van der Waals surface area contributed by atoms with Crippen LogP contribution in [-0.4, -0.2) is 50.4 Å². The third-order valence-electron chi connectivity index (χ3n) is 5.66.